The monoisotopic (exact) mass is 766 g/mol. The van der Waals surface area contributed by atoms with E-state index in [4.69, 9.17) is 19.2 Å². The number of aliphatic imine (C=N–C) groups is 1. The number of carbonyl (C=O) groups is 3. The van der Waals surface area contributed by atoms with Crippen LogP contribution in [0.25, 0.3) is 37.9 Å². The molecule has 8 rings (SSSR count). The first-order chi connectivity index (χ1) is 26.8. The highest BCUT2D eigenvalue weighted by Crippen LogP contribution is 2.57. The van der Waals surface area contributed by atoms with E-state index in [9.17, 15) is 39.9 Å². The summed E-state index contributed by atoms with van der Waals surface area (Å²) in [5.74, 6) is -3.30. The Bertz CT molecular complexity index is 2490. The number of phenols is 2. The number of allylic oxidation sites excluding steroid dienone is 2. The number of phenolic OH excluding ortho intramolecular Hbond substituents is 2. The van der Waals surface area contributed by atoms with Gasteiger partial charge in [0, 0.05) is 67.3 Å². The Morgan fingerprint density at radius 3 is 1.89 bits per heavy atom. The normalized spacial score (nSPS) is 25.4. The van der Waals surface area contributed by atoms with Gasteiger partial charge in [-0.2, -0.15) is 0 Å². The summed E-state index contributed by atoms with van der Waals surface area (Å²) in [5, 5.41) is 63.0. The van der Waals surface area contributed by atoms with Crippen molar-refractivity contribution in [2.45, 2.75) is 89.3 Å². The Balaban J connectivity index is 1.55. The van der Waals surface area contributed by atoms with Crippen molar-refractivity contribution in [1.29, 1.82) is 0 Å². The van der Waals surface area contributed by atoms with Crippen LogP contribution in [0.15, 0.2) is 28.8 Å². The number of ketones is 1. The van der Waals surface area contributed by atoms with Gasteiger partial charge in [0.25, 0.3) is 0 Å². The summed E-state index contributed by atoms with van der Waals surface area (Å²) >= 11 is 0. The summed E-state index contributed by atoms with van der Waals surface area (Å²) in [6.45, 7) is 3.30. The van der Waals surface area contributed by atoms with E-state index in [1.807, 2.05) is 13.0 Å². The van der Waals surface area contributed by atoms with Crippen molar-refractivity contribution in [1.82, 2.24) is 0 Å². The summed E-state index contributed by atoms with van der Waals surface area (Å²) in [4.78, 5) is 42.6. The molecule has 0 heterocycles. The van der Waals surface area contributed by atoms with Gasteiger partial charge in [-0.15, -0.1) is 0 Å². The van der Waals surface area contributed by atoms with E-state index in [1.54, 1.807) is 6.07 Å². The second-order valence-electron chi connectivity index (χ2n) is 15.7. The number of carboxylic acid groups (broad SMARTS) is 2. The molecule has 0 saturated heterocycles. The number of aliphatic carboxylic acids is 2. The van der Waals surface area contributed by atoms with Crippen LogP contribution in [-0.2, 0) is 14.4 Å². The third kappa shape index (κ3) is 5.53. The summed E-state index contributed by atoms with van der Waals surface area (Å²) in [5.41, 5.74) is 2.57. The van der Waals surface area contributed by atoms with Crippen LogP contribution in [0.3, 0.4) is 0 Å². The molecule has 13 nitrogen and oxygen atoms in total. The van der Waals surface area contributed by atoms with Crippen molar-refractivity contribution in [2.75, 3.05) is 26.6 Å². The lowest BCUT2D eigenvalue weighted by atomic mass is 9.78. The van der Waals surface area contributed by atoms with Gasteiger partial charge in [-0.25, -0.2) is 0 Å². The van der Waals surface area contributed by atoms with Crippen molar-refractivity contribution >= 4 is 67.0 Å². The number of hydrogen-bond donors (Lipinski definition) is 6. The maximum absolute atomic E-state index is 13.9. The number of hydrogen-bond acceptors (Lipinski definition) is 11. The summed E-state index contributed by atoms with van der Waals surface area (Å²) < 4.78 is 18.1. The first-order valence-corrected chi connectivity index (χ1v) is 19.1. The number of methoxy groups -OCH3 is 3. The van der Waals surface area contributed by atoms with E-state index in [0.717, 1.165) is 0 Å². The molecule has 4 aromatic carbocycles. The number of fused-ring (bicyclic) bond motifs is 1. The van der Waals surface area contributed by atoms with Crippen LogP contribution in [0.1, 0.15) is 88.4 Å². The second-order valence-corrected chi connectivity index (χ2v) is 15.7. The molecule has 4 aliphatic rings. The molecule has 2 unspecified atom stereocenters. The van der Waals surface area contributed by atoms with Gasteiger partial charge in [-0.3, -0.25) is 19.4 Å². The zero-order valence-electron chi connectivity index (χ0n) is 32.0. The smallest absolute Gasteiger partial charge is 0.306 e. The van der Waals surface area contributed by atoms with Crippen molar-refractivity contribution in [2.24, 2.45) is 16.8 Å². The van der Waals surface area contributed by atoms with Gasteiger partial charge >= 0.3 is 11.9 Å². The number of Topliss-reactive ketones (excluding diaryl/α,β-unsaturated/α-hetero) is 1. The Kier molecular flexibility index (Phi) is 9.26. The van der Waals surface area contributed by atoms with Crippen LogP contribution in [0, 0.1) is 11.8 Å². The third-order valence-electron chi connectivity index (χ3n) is 12.6. The van der Waals surface area contributed by atoms with Gasteiger partial charge in [-0.1, -0.05) is 11.6 Å². The van der Waals surface area contributed by atoms with Gasteiger partial charge in [0.1, 0.15) is 29.1 Å². The molecule has 2 fully saturated rings. The quantitative estimate of drug-likeness (QED) is 0.0824. The minimum Gasteiger partial charge on any atom is -0.507 e. The number of benzene rings is 4. The fourth-order valence-corrected chi connectivity index (χ4v) is 10.0. The molecular weight excluding hydrogens is 720 g/mol. The fourth-order valence-electron chi connectivity index (χ4n) is 10.0. The molecule has 0 aromatic heterocycles. The third-order valence-corrected chi connectivity index (χ3v) is 12.6. The van der Waals surface area contributed by atoms with Gasteiger partial charge in [0.05, 0.1) is 56.2 Å². The van der Waals surface area contributed by atoms with Crippen molar-refractivity contribution in [3.63, 3.8) is 0 Å². The standard InChI is InChI=1S/C43H46N2O11/c1-17-14-23-29-34-31(39(48)38(23)45-22-12-8-20(9-13-22)43(52)53)25(47)16-27(55-4)33(34)32-26(54-3)15-24(44-21-10-6-19(7-11-21)42(50)51)30-36(32)35(29)37(28(17)18(2)46)41(56-5)40(30)49/h14-16,19-22,28,39,44,47-49H,6-13H2,1-5H3,(H,50,51)(H,52,53). The van der Waals surface area contributed by atoms with Crippen molar-refractivity contribution < 1.29 is 54.1 Å². The summed E-state index contributed by atoms with van der Waals surface area (Å²) in [6, 6.07) is 2.80. The molecule has 56 heavy (non-hydrogen) atoms. The van der Waals surface area contributed by atoms with E-state index in [0.29, 0.717) is 117 Å². The number of aromatic hydroxyl groups is 2. The molecule has 13 heteroatoms. The maximum Gasteiger partial charge on any atom is 0.306 e. The molecule has 2 saturated carbocycles. The largest absolute Gasteiger partial charge is 0.507 e. The lowest BCUT2D eigenvalue weighted by molar-refractivity contribution is -0.143. The SMILES string of the molecule is COc1c(O)c2c(NC3CCC(C(=O)O)CC3)cc(OC)c3c4c(OC)cc(O)c5c4c4c(c1C(C(C)=O)C(C)=CC=4C(=NC1CCC(C(=O)O)CC1)C5O)c23. The number of carboxylic acids is 2. The highest BCUT2D eigenvalue weighted by Gasteiger charge is 2.41. The molecule has 0 spiro atoms. The molecule has 4 aromatic rings. The number of nitrogens with zero attached hydrogens (tertiary/aromatic N) is 1. The van der Waals surface area contributed by atoms with Crippen LogP contribution in [-0.4, -0.2) is 82.4 Å². The van der Waals surface area contributed by atoms with E-state index in [2.05, 4.69) is 5.32 Å². The lowest BCUT2D eigenvalue weighted by Gasteiger charge is -2.31. The maximum atomic E-state index is 13.9. The number of anilines is 1. The number of aliphatic hydroxyl groups excluding tert-OH is 1. The molecule has 0 amide bonds. The Labute approximate surface area is 322 Å². The number of ether oxygens (including phenoxy) is 3. The van der Waals surface area contributed by atoms with Gasteiger partial charge < -0.3 is 45.1 Å². The Morgan fingerprint density at radius 1 is 0.750 bits per heavy atom. The molecule has 294 valence electrons. The zero-order chi connectivity index (χ0) is 39.9. The number of carbonyl (C=O) groups excluding carboxylic acids is 1. The van der Waals surface area contributed by atoms with Gasteiger partial charge in [-0.05, 0) is 70.6 Å². The number of nitrogens with one attached hydrogen (secondary N) is 1. The average molecular weight is 767 g/mol. The highest BCUT2D eigenvalue weighted by molar-refractivity contribution is 6.37. The van der Waals surface area contributed by atoms with Crippen LogP contribution in [0.5, 0.6) is 28.7 Å². The number of rotatable bonds is 9. The second kappa shape index (κ2) is 13.9. The molecule has 0 radical (unpaired) electrons. The molecule has 4 aliphatic carbocycles. The lowest BCUT2D eigenvalue weighted by Crippen LogP contribution is -2.30. The van der Waals surface area contributed by atoms with Crippen LogP contribution < -0.4 is 24.7 Å². The van der Waals surface area contributed by atoms with E-state index < -0.39 is 35.8 Å². The topological polar surface area (TPSA) is 204 Å². The van der Waals surface area contributed by atoms with E-state index in [-0.39, 0.29) is 52.1 Å². The summed E-state index contributed by atoms with van der Waals surface area (Å²) in [7, 11) is 4.45. The van der Waals surface area contributed by atoms with Crippen molar-refractivity contribution in [3.8, 4) is 28.7 Å². The first-order valence-electron chi connectivity index (χ1n) is 19.1. The molecule has 0 bridgehead atoms. The van der Waals surface area contributed by atoms with E-state index in [1.165, 1.54) is 34.3 Å². The van der Waals surface area contributed by atoms with Gasteiger partial charge in [0.2, 0.25) is 0 Å². The average Bonchev–Trinajstić information content (AvgIpc) is 3.30. The molecule has 6 N–H and O–H groups in total. The van der Waals surface area contributed by atoms with Gasteiger partial charge in [0.15, 0.2) is 11.5 Å². The van der Waals surface area contributed by atoms with Crippen LogP contribution >= 0.6 is 0 Å². The Hall–Kier alpha value is -5.56. The number of aliphatic hydroxyl groups is 1. The molecule has 0 aliphatic heterocycles. The fraction of sp³-hybridized carbons (Fsp3) is 0.442. The van der Waals surface area contributed by atoms with Crippen LogP contribution in [0.4, 0.5) is 5.69 Å². The predicted molar refractivity (Wildman–Crippen MR) is 211 cm³/mol. The molecule has 2 atom stereocenters. The minimum absolute atomic E-state index is 0.0941. The van der Waals surface area contributed by atoms with E-state index >= 15 is 0 Å². The molecular formula is C43H46N2O11. The van der Waals surface area contributed by atoms with Crippen LogP contribution in [0.2, 0.25) is 0 Å². The summed E-state index contributed by atoms with van der Waals surface area (Å²) in [6.07, 6.45) is 4.45. The minimum atomic E-state index is -1.41. The first kappa shape index (κ1) is 37.4. The Morgan fingerprint density at radius 2 is 1.32 bits per heavy atom. The zero-order valence-corrected chi connectivity index (χ0v) is 32.0. The van der Waals surface area contributed by atoms with Crippen molar-refractivity contribution in [3.05, 3.63) is 40.1 Å². The predicted octanol–water partition coefficient (Wildman–Crippen LogP) is 6.27. The highest BCUT2D eigenvalue weighted by atomic mass is 16.5.